The van der Waals surface area contributed by atoms with Crippen LogP contribution in [-0.2, 0) is 9.53 Å². The van der Waals surface area contributed by atoms with Crippen molar-refractivity contribution in [1.29, 1.82) is 0 Å². The number of esters is 1. The lowest BCUT2D eigenvalue weighted by molar-refractivity contribution is -0.171. The molecule has 1 amide bonds. The molecule has 0 unspecified atom stereocenters. The highest BCUT2D eigenvalue weighted by molar-refractivity contribution is 5.78. The molecule has 1 heterocycles. The second kappa shape index (κ2) is 5.26. The Balaban J connectivity index is 2.06. The predicted octanol–water partition coefficient (Wildman–Crippen LogP) is 2.89. The smallest absolute Gasteiger partial charge is 0.407 e. The molecule has 0 atom stereocenters. The summed E-state index contributed by atoms with van der Waals surface area (Å²) in [5.74, 6) is 0.487. The molecule has 2 fully saturated rings. The third-order valence-corrected chi connectivity index (χ3v) is 4.20. The molecule has 5 heteroatoms. The van der Waals surface area contributed by atoms with Gasteiger partial charge in [0, 0.05) is 13.1 Å². The SMILES string of the molecule is CC(C)(C)OC(=O)C1(CC2CC2)CCN(C(=O)O)CC1. The third kappa shape index (κ3) is 3.64. The average Bonchev–Trinajstić information content (AvgIpc) is 3.11. The number of ether oxygens (including phenoxy) is 1. The van der Waals surface area contributed by atoms with Gasteiger partial charge in [-0.1, -0.05) is 12.8 Å². The van der Waals surface area contributed by atoms with E-state index in [1.165, 1.54) is 17.7 Å². The van der Waals surface area contributed by atoms with Crippen LogP contribution in [0.25, 0.3) is 0 Å². The Morgan fingerprint density at radius 1 is 1.25 bits per heavy atom. The van der Waals surface area contributed by atoms with Crippen LogP contribution in [0.2, 0.25) is 0 Å². The van der Waals surface area contributed by atoms with Crippen molar-refractivity contribution in [1.82, 2.24) is 4.90 Å². The summed E-state index contributed by atoms with van der Waals surface area (Å²) in [4.78, 5) is 25.0. The summed E-state index contributed by atoms with van der Waals surface area (Å²) in [6, 6.07) is 0. The highest BCUT2D eigenvalue weighted by atomic mass is 16.6. The molecule has 0 aromatic carbocycles. The van der Waals surface area contributed by atoms with E-state index in [1.807, 2.05) is 20.8 Å². The molecule has 0 aromatic heterocycles. The standard InChI is InChI=1S/C15H25NO4/c1-14(2,3)20-12(17)15(10-11-4-5-11)6-8-16(9-7-15)13(18)19/h11H,4-10H2,1-3H3,(H,18,19). The van der Waals surface area contributed by atoms with Crippen molar-refractivity contribution in [3.05, 3.63) is 0 Å². The first-order chi connectivity index (χ1) is 9.22. The molecule has 114 valence electrons. The topological polar surface area (TPSA) is 66.8 Å². The van der Waals surface area contributed by atoms with Crippen molar-refractivity contribution in [2.24, 2.45) is 11.3 Å². The van der Waals surface area contributed by atoms with Gasteiger partial charge in [0.05, 0.1) is 5.41 Å². The Bertz CT molecular complexity index is 387. The minimum Gasteiger partial charge on any atom is -0.465 e. The van der Waals surface area contributed by atoms with Crippen molar-refractivity contribution < 1.29 is 19.4 Å². The summed E-state index contributed by atoms with van der Waals surface area (Å²) >= 11 is 0. The molecule has 2 rings (SSSR count). The molecule has 1 saturated heterocycles. The van der Waals surface area contributed by atoms with E-state index >= 15 is 0 Å². The first kappa shape index (κ1) is 15.1. The second-order valence-electron chi connectivity index (χ2n) is 7.20. The van der Waals surface area contributed by atoms with Crippen molar-refractivity contribution in [3.63, 3.8) is 0 Å². The Morgan fingerprint density at radius 2 is 1.80 bits per heavy atom. The third-order valence-electron chi connectivity index (χ3n) is 4.20. The maximum atomic E-state index is 12.6. The molecule has 1 N–H and O–H groups in total. The number of rotatable bonds is 3. The van der Waals surface area contributed by atoms with Crippen molar-refractivity contribution in [2.45, 2.75) is 58.5 Å². The lowest BCUT2D eigenvalue weighted by Gasteiger charge is -2.40. The molecule has 2 aliphatic rings. The zero-order chi connectivity index (χ0) is 15.0. The molecule has 1 aliphatic carbocycles. The largest absolute Gasteiger partial charge is 0.465 e. The van der Waals surface area contributed by atoms with Crippen LogP contribution in [0, 0.1) is 11.3 Å². The van der Waals surface area contributed by atoms with Crippen molar-refractivity contribution in [3.8, 4) is 0 Å². The monoisotopic (exact) mass is 283 g/mol. The van der Waals surface area contributed by atoms with Crippen LogP contribution in [0.15, 0.2) is 0 Å². The van der Waals surface area contributed by atoms with Gasteiger partial charge < -0.3 is 14.7 Å². The van der Waals surface area contributed by atoms with Crippen molar-refractivity contribution >= 4 is 12.1 Å². The molecule has 1 aliphatic heterocycles. The number of amides is 1. The van der Waals surface area contributed by atoms with Crippen LogP contribution in [0.4, 0.5) is 4.79 Å². The lowest BCUT2D eigenvalue weighted by atomic mass is 9.74. The lowest BCUT2D eigenvalue weighted by Crippen LogP contribution is -2.48. The van der Waals surface area contributed by atoms with E-state index in [-0.39, 0.29) is 5.97 Å². The molecular weight excluding hydrogens is 258 g/mol. The maximum absolute atomic E-state index is 12.6. The molecule has 0 bridgehead atoms. The summed E-state index contributed by atoms with van der Waals surface area (Å²) in [6.07, 6.45) is 3.51. The molecule has 5 nitrogen and oxygen atoms in total. The van der Waals surface area contributed by atoms with Gasteiger partial charge in [0.25, 0.3) is 0 Å². The number of carbonyl (C=O) groups is 2. The van der Waals surface area contributed by atoms with E-state index < -0.39 is 17.1 Å². The highest BCUT2D eigenvalue weighted by Crippen LogP contribution is 2.46. The number of likely N-dealkylation sites (tertiary alicyclic amines) is 1. The fourth-order valence-corrected chi connectivity index (χ4v) is 2.88. The maximum Gasteiger partial charge on any atom is 0.407 e. The number of carboxylic acid groups (broad SMARTS) is 1. The van der Waals surface area contributed by atoms with Crippen LogP contribution in [0.5, 0.6) is 0 Å². The van der Waals surface area contributed by atoms with Crippen LogP contribution in [0.3, 0.4) is 0 Å². The van der Waals surface area contributed by atoms with Gasteiger partial charge in [-0.15, -0.1) is 0 Å². The number of hydrogen-bond acceptors (Lipinski definition) is 3. The molecule has 20 heavy (non-hydrogen) atoms. The molecule has 0 aromatic rings. The normalized spacial score (nSPS) is 22.4. The van der Waals surface area contributed by atoms with Gasteiger partial charge in [-0.3, -0.25) is 4.79 Å². The predicted molar refractivity (Wildman–Crippen MR) is 74.5 cm³/mol. The fraction of sp³-hybridized carbons (Fsp3) is 0.867. The Hall–Kier alpha value is -1.26. The molecule has 1 saturated carbocycles. The fourth-order valence-electron chi connectivity index (χ4n) is 2.88. The Labute approximate surface area is 120 Å². The zero-order valence-corrected chi connectivity index (χ0v) is 12.6. The zero-order valence-electron chi connectivity index (χ0n) is 12.6. The summed E-state index contributed by atoms with van der Waals surface area (Å²) in [5.41, 5.74) is -0.960. The quantitative estimate of drug-likeness (QED) is 0.809. The van der Waals surface area contributed by atoms with Gasteiger partial charge in [-0.25, -0.2) is 4.79 Å². The van der Waals surface area contributed by atoms with E-state index in [1.54, 1.807) is 0 Å². The van der Waals surface area contributed by atoms with Gasteiger partial charge in [0.1, 0.15) is 5.60 Å². The average molecular weight is 283 g/mol. The van der Waals surface area contributed by atoms with Crippen LogP contribution in [-0.4, -0.2) is 40.8 Å². The first-order valence-corrected chi connectivity index (χ1v) is 7.43. The van der Waals surface area contributed by atoms with Crippen LogP contribution < -0.4 is 0 Å². The Kier molecular flexibility index (Phi) is 3.98. The Morgan fingerprint density at radius 3 is 2.20 bits per heavy atom. The van der Waals surface area contributed by atoms with E-state index in [2.05, 4.69) is 0 Å². The summed E-state index contributed by atoms with van der Waals surface area (Å²) in [5, 5.41) is 9.04. The minimum absolute atomic E-state index is 0.137. The van der Waals surface area contributed by atoms with E-state index in [0.717, 1.165) is 6.42 Å². The van der Waals surface area contributed by atoms with Gasteiger partial charge in [-0.05, 0) is 46.0 Å². The second-order valence-corrected chi connectivity index (χ2v) is 7.20. The number of piperidine rings is 1. The number of hydrogen-bond donors (Lipinski definition) is 1. The van der Waals surface area contributed by atoms with Gasteiger partial charge in [-0.2, -0.15) is 0 Å². The molecular formula is C15H25NO4. The van der Waals surface area contributed by atoms with Crippen LogP contribution in [0.1, 0.15) is 52.9 Å². The van der Waals surface area contributed by atoms with E-state index in [4.69, 9.17) is 9.84 Å². The highest BCUT2D eigenvalue weighted by Gasteiger charge is 2.47. The van der Waals surface area contributed by atoms with E-state index in [9.17, 15) is 9.59 Å². The molecule has 0 spiro atoms. The molecule has 0 radical (unpaired) electrons. The number of nitrogens with zero attached hydrogens (tertiary/aromatic N) is 1. The van der Waals surface area contributed by atoms with Gasteiger partial charge in [0.15, 0.2) is 0 Å². The first-order valence-electron chi connectivity index (χ1n) is 7.43. The van der Waals surface area contributed by atoms with Crippen molar-refractivity contribution in [2.75, 3.05) is 13.1 Å². The summed E-state index contributed by atoms with van der Waals surface area (Å²) in [7, 11) is 0. The number of carbonyl (C=O) groups excluding carboxylic acids is 1. The summed E-state index contributed by atoms with van der Waals surface area (Å²) in [6.45, 7) is 6.49. The summed E-state index contributed by atoms with van der Waals surface area (Å²) < 4.78 is 5.60. The van der Waals surface area contributed by atoms with Gasteiger partial charge in [0.2, 0.25) is 0 Å². The van der Waals surface area contributed by atoms with E-state index in [0.29, 0.717) is 31.8 Å². The van der Waals surface area contributed by atoms with Crippen LogP contribution >= 0.6 is 0 Å². The minimum atomic E-state index is -0.894. The van der Waals surface area contributed by atoms with Gasteiger partial charge >= 0.3 is 12.1 Å².